The zero-order valence-electron chi connectivity index (χ0n) is 24.0. The Bertz CT molecular complexity index is 1550. The number of benzene rings is 4. The Morgan fingerprint density at radius 1 is 0.610 bits per heavy atom. The molecule has 0 bridgehead atoms. The van der Waals surface area contributed by atoms with Gasteiger partial charge in [0.05, 0.1) is 25.3 Å². The standard InChI is InChI=1S/C36H36N2O3/c1-35(2)25-17-21(13-15-29(25)37-33-23-9-5-7-11-31(23)39-19-27(33)35)41-22-14-16-30-26(18-22)36(3,4)28-20-40-32-12-8-6-10-24(32)34(28)38-30/h5-18,27-28,33-34,37-38H,19-20H2,1-4H3/t27-,28-,33+,34+/m1/s1. The van der Waals surface area contributed by atoms with E-state index in [2.05, 4.69) is 111 Å². The summed E-state index contributed by atoms with van der Waals surface area (Å²) in [7, 11) is 0. The van der Waals surface area contributed by atoms with Crippen molar-refractivity contribution in [3.8, 4) is 23.0 Å². The second-order valence-electron chi connectivity index (χ2n) is 13.1. The Morgan fingerprint density at radius 3 is 1.51 bits per heavy atom. The lowest BCUT2D eigenvalue weighted by atomic mass is 9.65. The fraction of sp³-hybridized carbons (Fsp3) is 0.333. The third-order valence-corrected chi connectivity index (χ3v) is 10.2. The molecule has 2 N–H and O–H groups in total. The summed E-state index contributed by atoms with van der Waals surface area (Å²) in [5, 5.41) is 7.66. The van der Waals surface area contributed by atoms with E-state index in [0.29, 0.717) is 25.0 Å². The SMILES string of the molecule is CC1(C)c2cc(Oc3ccc4c(c3)C(C)(C)[C@@H]3COc5ccccc5[C@@H]3N4)ccc2N[C@H]2c3ccccc3OC[C@H]21. The molecule has 0 aromatic heterocycles. The lowest BCUT2D eigenvalue weighted by Crippen LogP contribution is -2.46. The maximum absolute atomic E-state index is 6.56. The highest BCUT2D eigenvalue weighted by Gasteiger charge is 2.48. The quantitative estimate of drug-likeness (QED) is 0.265. The summed E-state index contributed by atoms with van der Waals surface area (Å²) in [5.74, 6) is 4.30. The van der Waals surface area contributed by atoms with Gasteiger partial charge >= 0.3 is 0 Å². The first-order chi connectivity index (χ1) is 19.8. The molecular weight excluding hydrogens is 508 g/mol. The molecule has 208 valence electrons. The van der Waals surface area contributed by atoms with Crippen LogP contribution in [0, 0.1) is 11.8 Å². The van der Waals surface area contributed by atoms with Gasteiger partial charge in [-0.25, -0.2) is 0 Å². The second kappa shape index (κ2) is 8.69. The van der Waals surface area contributed by atoms with Crippen LogP contribution < -0.4 is 24.8 Å². The lowest BCUT2D eigenvalue weighted by molar-refractivity contribution is 0.135. The molecule has 4 aromatic carbocycles. The summed E-state index contributed by atoms with van der Waals surface area (Å²) in [5.41, 5.74) is 7.15. The third kappa shape index (κ3) is 3.67. The zero-order chi connectivity index (χ0) is 27.9. The van der Waals surface area contributed by atoms with Crippen molar-refractivity contribution < 1.29 is 14.2 Å². The summed E-state index contributed by atoms with van der Waals surface area (Å²) in [6.07, 6.45) is 0. The zero-order valence-corrected chi connectivity index (χ0v) is 24.0. The molecule has 8 rings (SSSR count). The first kappa shape index (κ1) is 24.7. The van der Waals surface area contributed by atoms with Crippen molar-refractivity contribution in [1.82, 2.24) is 0 Å². The van der Waals surface area contributed by atoms with Crippen molar-refractivity contribution in [2.24, 2.45) is 11.8 Å². The van der Waals surface area contributed by atoms with Crippen LogP contribution in [0.1, 0.15) is 62.0 Å². The van der Waals surface area contributed by atoms with E-state index >= 15 is 0 Å². The topological polar surface area (TPSA) is 51.8 Å². The highest BCUT2D eigenvalue weighted by atomic mass is 16.5. The van der Waals surface area contributed by atoms with Crippen molar-refractivity contribution in [3.63, 3.8) is 0 Å². The van der Waals surface area contributed by atoms with E-state index < -0.39 is 0 Å². The number of para-hydroxylation sites is 2. The first-order valence-corrected chi connectivity index (χ1v) is 14.7. The number of hydrogen-bond acceptors (Lipinski definition) is 5. The van der Waals surface area contributed by atoms with Crippen LogP contribution in [-0.2, 0) is 10.8 Å². The monoisotopic (exact) mass is 544 g/mol. The number of ether oxygens (including phenoxy) is 3. The molecule has 41 heavy (non-hydrogen) atoms. The lowest BCUT2D eigenvalue weighted by Gasteiger charge is -2.48. The van der Waals surface area contributed by atoms with Crippen molar-refractivity contribution >= 4 is 11.4 Å². The van der Waals surface area contributed by atoms with Gasteiger partial charge in [0.2, 0.25) is 0 Å². The summed E-state index contributed by atoms with van der Waals surface area (Å²) in [4.78, 5) is 0. The van der Waals surface area contributed by atoms with Gasteiger partial charge in [0.25, 0.3) is 0 Å². The van der Waals surface area contributed by atoms with Gasteiger partial charge in [-0.1, -0.05) is 64.1 Å². The molecule has 0 saturated heterocycles. The molecular formula is C36H36N2O3. The summed E-state index contributed by atoms with van der Waals surface area (Å²) in [6, 6.07) is 30.2. The van der Waals surface area contributed by atoms with Gasteiger partial charge in [-0.3, -0.25) is 0 Å². The average Bonchev–Trinajstić information content (AvgIpc) is 2.98. The van der Waals surface area contributed by atoms with Gasteiger partial charge in [-0.05, 0) is 59.7 Å². The Hall–Kier alpha value is -4.12. The van der Waals surface area contributed by atoms with Gasteiger partial charge in [0.15, 0.2) is 0 Å². The minimum absolute atomic E-state index is 0.0911. The minimum Gasteiger partial charge on any atom is -0.493 e. The van der Waals surface area contributed by atoms with Crippen LogP contribution in [-0.4, -0.2) is 13.2 Å². The highest BCUT2D eigenvalue weighted by Crippen LogP contribution is 2.54. The third-order valence-electron chi connectivity index (χ3n) is 10.2. The Morgan fingerprint density at radius 2 is 1.05 bits per heavy atom. The molecule has 0 amide bonds. The fourth-order valence-electron chi connectivity index (χ4n) is 7.69. The van der Waals surface area contributed by atoms with Crippen molar-refractivity contribution in [2.45, 2.75) is 50.6 Å². The minimum atomic E-state index is -0.0911. The fourth-order valence-corrected chi connectivity index (χ4v) is 7.69. The molecule has 0 spiro atoms. The van der Waals surface area contributed by atoms with Crippen LogP contribution in [0.2, 0.25) is 0 Å². The molecule has 0 saturated carbocycles. The second-order valence-corrected chi connectivity index (χ2v) is 13.1. The number of hydrogen-bond donors (Lipinski definition) is 2. The normalized spacial score (nSPS) is 25.6. The van der Waals surface area contributed by atoms with Crippen LogP contribution in [0.5, 0.6) is 23.0 Å². The van der Waals surface area contributed by atoms with Crippen LogP contribution in [0.4, 0.5) is 11.4 Å². The van der Waals surface area contributed by atoms with Crippen LogP contribution >= 0.6 is 0 Å². The molecule has 4 aromatic rings. The number of fused-ring (bicyclic) bond motifs is 8. The molecule has 0 aliphatic carbocycles. The summed E-state index contributed by atoms with van der Waals surface area (Å²) >= 11 is 0. The molecule has 4 atom stereocenters. The van der Waals surface area contributed by atoms with Gasteiger partial charge in [-0.2, -0.15) is 0 Å². The van der Waals surface area contributed by atoms with E-state index in [1.165, 1.54) is 33.6 Å². The maximum atomic E-state index is 6.56. The molecule has 4 aliphatic rings. The van der Waals surface area contributed by atoms with E-state index in [1.54, 1.807) is 0 Å². The summed E-state index contributed by atoms with van der Waals surface area (Å²) < 4.78 is 19.0. The van der Waals surface area contributed by atoms with E-state index in [9.17, 15) is 0 Å². The highest BCUT2D eigenvalue weighted by molar-refractivity contribution is 5.65. The predicted molar refractivity (Wildman–Crippen MR) is 163 cm³/mol. The van der Waals surface area contributed by atoms with E-state index in [1.807, 2.05) is 12.1 Å². The van der Waals surface area contributed by atoms with Gasteiger partial charge in [0.1, 0.15) is 23.0 Å². The van der Waals surface area contributed by atoms with E-state index in [0.717, 1.165) is 23.0 Å². The number of nitrogens with one attached hydrogen (secondary N) is 2. The van der Waals surface area contributed by atoms with Crippen molar-refractivity contribution in [2.75, 3.05) is 23.8 Å². The van der Waals surface area contributed by atoms with Gasteiger partial charge < -0.3 is 24.8 Å². The molecule has 4 aliphatic heterocycles. The molecule has 5 nitrogen and oxygen atoms in total. The van der Waals surface area contributed by atoms with Crippen LogP contribution in [0.25, 0.3) is 0 Å². The summed E-state index contributed by atoms with van der Waals surface area (Å²) in [6.45, 7) is 10.7. The van der Waals surface area contributed by atoms with E-state index in [-0.39, 0.29) is 22.9 Å². The maximum Gasteiger partial charge on any atom is 0.127 e. The van der Waals surface area contributed by atoms with Crippen LogP contribution in [0.15, 0.2) is 84.9 Å². The molecule has 0 unspecified atom stereocenters. The van der Waals surface area contributed by atoms with Crippen molar-refractivity contribution in [1.29, 1.82) is 0 Å². The molecule has 5 heteroatoms. The van der Waals surface area contributed by atoms with Crippen LogP contribution in [0.3, 0.4) is 0 Å². The Balaban J connectivity index is 1.10. The number of rotatable bonds is 2. The van der Waals surface area contributed by atoms with Gasteiger partial charge in [0, 0.05) is 45.2 Å². The van der Waals surface area contributed by atoms with Crippen molar-refractivity contribution in [3.05, 3.63) is 107 Å². The predicted octanol–water partition coefficient (Wildman–Crippen LogP) is 8.38. The molecule has 0 radical (unpaired) electrons. The molecule has 0 fully saturated rings. The smallest absolute Gasteiger partial charge is 0.127 e. The Labute approximate surface area is 241 Å². The number of anilines is 2. The Kier molecular flexibility index (Phi) is 5.23. The average molecular weight is 545 g/mol. The largest absolute Gasteiger partial charge is 0.493 e. The van der Waals surface area contributed by atoms with E-state index in [4.69, 9.17) is 14.2 Å². The first-order valence-electron chi connectivity index (χ1n) is 14.7. The van der Waals surface area contributed by atoms with Gasteiger partial charge in [-0.15, -0.1) is 0 Å². The molecule has 4 heterocycles.